The molecule has 8 heteroatoms. The zero-order chi connectivity index (χ0) is 20.5. The average molecular weight is 387 g/mol. The number of ether oxygens (including phenoxy) is 1. The van der Waals surface area contributed by atoms with E-state index in [0.29, 0.717) is 11.6 Å². The molecular weight excluding hydrogens is 356 g/mol. The van der Waals surface area contributed by atoms with E-state index in [1.54, 1.807) is 7.05 Å². The molecule has 1 saturated carbocycles. The molecule has 0 unspecified atom stereocenters. The van der Waals surface area contributed by atoms with Crippen LogP contribution < -0.4 is 21.3 Å². The summed E-state index contributed by atoms with van der Waals surface area (Å²) >= 11 is 0. The number of amides is 1. The van der Waals surface area contributed by atoms with Gasteiger partial charge in [0, 0.05) is 18.4 Å². The fraction of sp³-hybridized carbons (Fsp3) is 0.550. The van der Waals surface area contributed by atoms with Crippen LogP contribution in [0.15, 0.2) is 34.3 Å². The second-order valence-electron chi connectivity index (χ2n) is 8.38. The SMILES string of the molecule is CN(C(=O)OC(C)(C)C)c1cccc(N2C(N)=NC(N)=NC23CCCCC3)c1. The number of guanidine groups is 2. The second kappa shape index (κ2) is 7.33. The molecule has 0 atom stereocenters. The monoisotopic (exact) mass is 386 g/mol. The Morgan fingerprint density at radius 1 is 1.21 bits per heavy atom. The van der Waals surface area contributed by atoms with Crippen LogP contribution >= 0.6 is 0 Å². The standard InChI is InChI=1S/C20H30N6O2/c1-19(2,3)28-18(27)25(4)14-9-8-10-15(13-14)26-17(22)23-16(21)24-20(26)11-6-5-7-12-20/h8-10,13H,5-7,11-12H2,1-4H3,(H4,21,22,23,24). The minimum Gasteiger partial charge on any atom is -0.443 e. The number of carbonyl (C=O) groups excluding carboxylic acids is 1. The molecule has 1 aromatic rings. The minimum absolute atomic E-state index is 0.220. The van der Waals surface area contributed by atoms with Crippen molar-refractivity contribution in [2.75, 3.05) is 16.8 Å². The first-order valence-electron chi connectivity index (χ1n) is 9.68. The summed E-state index contributed by atoms with van der Waals surface area (Å²) in [7, 11) is 1.69. The third-order valence-electron chi connectivity index (χ3n) is 4.99. The summed E-state index contributed by atoms with van der Waals surface area (Å²) in [6.45, 7) is 5.53. The summed E-state index contributed by atoms with van der Waals surface area (Å²) in [5, 5.41) is 0. The number of anilines is 2. The highest BCUT2D eigenvalue weighted by atomic mass is 16.6. The van der Waals surface area contributed by atoms with Crippen LogP contribution in [0.1, 0.15) is 52.9 Å². The van der Waals surface area contributed by atoms with Gasteiger partial charge in [-0.2, -0.15) is 4.99 Å². The fourth-order valence-corrected chi connectivity index (χ4v) is 3.77. The van der Waals surface area contributed by atoms with Crippen molar-refractivity contribution in [1.82, 2.24) is 0 Å². The van der Waals surface area contributed by atoms with E-state index in [0.717, 1.165) is 31.4 Å². The molecule has 1 aliphatic carbocycles. The van der Waals surface area contributed by atoms with Gasteiger partial charge in [0.1, 0.15) is 11.3 Å². The van der Waals surface area contributed by atoms with Crippen LogP contribution in [0.3, 0.4) is 0 Å². The van der Waals surface area contributed by atoms with Gasteiger partial charge in [-0.15, -0.1) is 0 Å². The molecule has 1 heterocycles. The van der Waals surface area contributed by atoms with E-state index in [4.69, 9.17) is 16.2 Å². The molecule has 1 spiro atoms. The van der Waals surface area contributed by atoms with E-state index >= 15 is 0 Å². The third kappa shape index (κ3) is 4.05. The van der Waals surface area contributed by atoms with E-state index in [1.165, 1.54) is 11.3 Å². The molecule has 2 aliphatic rings. The van der Waals surface area contributed by atoms with Crippen molar-refractivity contribution in [3.8, 4) is 0 Å². The van der Waals surface area contributed by atoms with Crippen LogP contribution in [0.2, 0.25) is 0 Å². The first kappa shape index (κ1) is 20.0. The molecule has 0 saturated heterocycles. The van der Waals surface area contributed by atoms with E-state index in [-0.39, 0.29) is 5.96 Å². The Morgan fingerprint density at radius 2 is 1.89 bits per heavy atom. The van der Waals surface area contributed by atoms with E-state index in [1.807, 2.05) is 49.9 Å². The second-order valence-corrected chi connectivity index (χ2v) is 8.38. The number of carbonyl (C=O) groups is 1. The normalized spacial score (nSPS) is 19.1. The average Bonchev–Trinajstić information content (AvgIpc) is 2.59. The van der Waals surface area contributed by atoms with Crippen LogP contribution in [-0.2, 0) is 4.74 Å². The topological polar surface area (TPSA) is 110 Å². The van der Waals surface area contributed by atoms with E-state index in [9.17, 15) is 4.79 Å². The zero-order valence-corrected chi connectivity index (χ0v) is 17.1. The highest BCUT2D eigenvalue weighted by Gasteiger charge is 2.42. The van der Waals surface area contributed by atoms with Gasteiger partial charge in [0.05, 0.1) is 0 Å². The molecule has 152 valence electrons. The van der Waals surface area contributed by atoms with Gasteiger partial charge in [-0.25, -0.2) is 9.79 Å². The number of benzene rings is 1. The molecule has 1 aromatic carbocycles. The van der Waals surface area contributed by atoms with Crippen molar-refractivity contribution in [3.63, 3.8) is 0 Å². The van der Waals surface area contributed by atoms with Gasteiger partial charge in [-0.3, -0.25) is 9.80 Å². The molecule has 4 N–H and O–H groups in total. The molecule has 3 rings (SSSR count). The van der Waals surface area contributed by atoms with Crippen molar-refractivity contribution >= 4 is 29.4 Å². The van der Waals surface area contributed by atoms with Crippen LogP contribution in [0.25, 0.3) is 0 Å². The lowest BCUT2D eigenvalue weighted by atomic mass is 9.87. The Hall–Kier alpha value is -2.77. The van der Waals surface area contributed by atoms with Crippen molar-refractivity contribution in [3.05, 3.63) is 24.3 Å². The molecule has 0 aromatic heterocycles. The number of rotatable bonds is 2. The maximum Gasteiger partial charge on any atom is 0.414 e. The molecule has 1 fully saturated rings. The zero-order valence-electron chi connectivity index (χ0n) is 17.1. The lowest BCUT2D eigenvalue weighted by Gasteiger charge is -2.45. The number of hydrogen-bond acceptors (Lipinski definition) is 7. The van der Waals surface area contributed by atoms with Crippen molar-refractivity contribution in [2.24, 2.45) is 21.5 Å². The lowest BCUT2D eigenvalue weighted by Crippen LogP contribution is -2.58. The summed E-state index contributed by atoms with van der Waals surface area (Å²) in [6.07, 6.45) is 4.57. The number of hydrogen-bond donors (Lipinski definition) is 2. The van der Waals surface area contributed by atoms with Gasteiger partial charge in [0.2, 0.25) is 11.9 Å². The molecule has 1 amide bonds. The number of nitrogens with zero attached hydrogens (tertiary/aromatic N) is 4. The Labute approximate surface area is 166 Å². The maximum absolute atomic E-state index is 12.5. The van der Waals surface area contributed by atoms with Crippen molar-refractivity contribution in [1.29, 1.82) is 0 Å². The predicted octanol–water partition coefficient (Wildman–Crippen LogP) is 3.17. The van der Waals surface area contributed by atoms with Gasteiger partial charge in [0.25, 0.3) is 0 Å². The van der Waals surface area contributed by atoms with Crippen molar-refractivity contribution < 1.29 is 9.53 Å². The highest BCUT2D eigenvalue weighted by Crippen LogP contribution is 2.40. The first-order valence-corrected chi connectivity index (χ1v) is 9.68. The number of nitrogens with two attached hydrogens (primary N) is 2. The minimum atomic E-state index is -0.564. The Balaban J connectivity index is 1.94. The summed E-state index contributed by atoms with van der Waals surface area (Å²) in [5.74, 6) is 0.546. The predicted molar refractivity (Wildman–Crippen MR) is 113 cm³/mol. The summed E-state index contributed by atoms with van der Waals surface area (Å²) in [4.78, 5) is 24.8. The van der Waals surface area contributed by atoms with Gasteiger partial charge in [-0.1, -0.05) is 12.5 Å². The molecule has 1 aliphatic heterocycles. The quantitative estimate of drug-likeness (QED) is 0.811. The largest absolute Gasteiger partial charge is 0.443 e. The van der Waals surface area contributed by atoms with Gasteiger partial charge >= 0.3 is 6.09 Å². The summed E-state index contributed by atoms with van der Waals surface area (Å²) in [5.41, 5.74) is 12.7. The smallest absolute Gasteiger partial charge is 0.414 e. The van der Waals surface area contributed by atoms with Crippen LogP contribution in [0.5, 0.6) is 0 Å². The Morgan fingerprint density at radius 3 is 2.54 bits per heavy atom. The first-order chi connectivity index (χ1) is 13.1. The lowest BCUT2D eigenvalue weighted by molar-refractivity contribution is 0.0589. The van der Waals surface area contributed by atoms with E-state index < -0.39 is 17.4 Å². The molecule has 0 bridgehead atoms. The number of aliphatic imine (C=N–C) groups is 2. The van der Waals surface area contributed by atoms with Crippen LogP contribution in [0, 0.1) is 0 Å². The van der Waals surface area contributed by atoms with Gasteiger partial charge in [-0.05, 0) is 64.7 Å². The third-order valence-corrected chi connectivity index (χ3v) is 4.99. The fourth-order valence-electron chi connectivity index (χ4n) is 3.77. The van der Waals surface area contributed by atoms with Crippen LogP contribution in [0.4, 0.5) is 16.2 Å². The Bertz CT molecular complexity index is 805. The maximum atomic E-state index is 12.5. The Kier molecular flexibility index (Phi) is 5.23. The van der Waals surface area contributed by atoms with Gasteiger partial charge < -0.3 is 16.2 Å². The molecule has 0 radical (unpaired) electrons. The molecule has 28 heavy (non-hydrogen) atoms. The van der Waals surface area contributed by atoms with Crippen molar-refractivity contribution in [2.45, 2.75) is 64.1 Å². The van der Waals surface area contributed by atoms with Crippen LogP contribution in [-0.4, -0.2) is 36.3 Å². The molecular formula is C20H30N6O2. The molecule has 8 nitrogen and oxygen atoms in total. The summed E-state index contributed by atoms with van der Waals surface area (Å²) in [6, 6.07) is 7.59. The van der Waals surface area contributed by atoms with Gasteiger partial charge in [0.15, 0.2) is 0 Å². The van der Waals surface area contributed by atoms with E-state index in [2.05, 4.69) is 9.98 Å². The highest BCUT2D eigenvalue weighted by molar-refractivity contribution is 6.06. The summed E-state index contributed by atoms with van der Waals surface area (Å²) < 4.78 is 5.47.